The number of nitrogens with one attached hydrogen (secondary N) is 1. The molecule has 0 bridgehead atoms. The van der Waals surface area contributed by atoms with Crippen LogP contribution in [0.3, 0.4) is 0 Å². The number of hydrogen-bond donors (Lipinski definition) is 3. The minimum Gasteiger partial charge on any atom is -0.392 e. The van der Waals surface area contributed by atoms with Crippen LogP contribution in [0.25, 0.3) is 11.1 Å². The monoisotopic (exact) mass is 315 g/mol. The zero-order chi connectivity index (χ0) is 16.4. The van der Waals surface area contributed by atoms with Gasteiger partial charge in [-0.1, -0.05) is 12.2 Å². The number of aliphatic hydroxyl groups excluding tert-OH is 1. The Hall–Kier alpha value is -3.00. The van der Waals surface area contributed by atoms with E-state index in [4.69, 9.17) is 5.73 Å². The van der Waals surface area contributed by atoms with Crippen LogP contribution in [-0.2, 0) is 11.4 Å². The smallest absolute Gasteiger partial charge is 0.211 e. The second kappa shape index (κ2) is 6.01. The van der Waals surface area contributed by atoms with Crippen molar-refractivity contribution >= 4 is 23.3 Å². The molecule has 3 rings (SSSR count). The molecule has 0 saturated heterocycles. The van der Waals surface area contributed by atoms with Crippen molar-refractivity contribution in [1.82, 2.24) is 19.9 Å². The summed E-state index contributed by atoms with van der Waals surface area (Å²) in [7, 11) is 0. The lowest BCUT2D eigenvalue weighted by Crippen LogP contribution is -2.10. The fourth-order valence-corrected chi connectivity index (χ4v) is 2.55. The molecule has 0 aliphatic heterocycles. The van der Waals surface area contributed by atoms with Crippen molar-refractivity contribution < 1.29 is 14.3 Å². The number of aromatic nitrogens is 3. The van der Waals surface area contributed by atoms with E-state index in [1.54, 1.807) is 18.3 Å². The molecule has 2 heterocycles. The number of nitrogen functional groups attached to an aromatic ring is 1. The SMILES string of the molecule is Nc1ncnn2cc(CO)c(C3=CC(F)=C(NC=O)CC=C3)c12. The van der Waals surface area contributed by atoms with Gasteiger partial charge in [-0.3, -0.25) is 4.79 Å². The standard InChI is InChI=1S/C15H14FN5O2/c16-11-4-9(2-1-3-12(11)19-8-23)13-10(6-22)5-21-14(13)15(17)18-7-20-21/h1-2,4-5,7-8,22H,3,6H2,(H,19,23)(H2,17,18,20). The number of anilines is 1. The Balaban J connectivity index is 2.24. The molecule has 1 amide bonds. The van der Waals surface area contributed by atoms with E-state index in [1.165, 1.54) is 16.9 Å². The van der Waals surface area contributed by atoms with Gasteiger partial charge in [-0.05, 0) is 11.6 Å². The predicted octanol–water partition coefficient (Wildman–Crippen LogP) is 1.07. The summed E-state index contributed by atoms with van der Waals surface area (Å²) in [6.45, 7) is -0.256. The van der Waals surface area contributed by atoms with Crippen molar-refractivity contribution in [1.29, 1.82) is 0 Å². The maximum Gasteiger partial charge on any atom is 0.211 e. The first kappa shape index (κ1) is 14.9. The van der Waals surface area contributed by atoms with E-state index < -0.39 is 5.83 Å². The Morgan fingerprint density at radius 2 is 2.35 bits per heavy atom. The molecule has 0 unspecified atom stereocenters. The molecule has 0 radical (unpaired) electrons. The number of halogens is 1. The molecule has 4 N–H and O–H groups in total. The molecular formula is C15H14FN5O2. The Bertz CT molecular complexity index is 866. The summed E-state index contributed by atoms with van der Waals surface area (Å²) in [5.41, 5.74) is 8.20. The quantitative estimate of drug-likeness (QED) is 0.732. The van der Waals surface area contributed by atoms with Crippen LogP contribution in [0.5, 0.6) is 0 Å². The third kappa shape index (κ3) is 2.59. The topological polar surface area (TPSA) is 106 Å². The maximum absolute atomic E-state index is 14.3. The number of rotatable bonds is 4. The van der Waals surface area contributed by atoms with Gasteiger partial charge in [0.2, 0.25) is 6.41 Å². The van der Waals surface area contributed by atoms with Gasteiger partial charge < -0.3 is 16.2 Å². The summed E-state index contributed by atoms with van der Waals surface area (Å²) in [6, 6.07) is 0. The summed E-state index contributed by atoms with van der Waals surface area (Å²) in [5.74, 6) is -0.334. The maximum atomic E-state index is 14.3. The molecule has 0 atom stereocenters. The Morgan fingerprint density at radius 1 is 1.52 bits per heavy atom. The summed E-state index contributed by atoms with van der Waals surface area (Å²) < 4.78 is 15.8. The number of allylic oxidation sites excluding steroid dienone is 5. The van der Waals surface area contributed by atoms with Gasteiger partial charge in [0.15, 0.2) is 5.82 Å². The first-order valence-electron chi connectivity index (χ1n) is 6.84. The third-order valence-corrected chi connectivity index (χ3v) is 3.56. The van der Waals surface area contributed by atoms with Crippen molar-refractivity contribution in [2.45, 2.75) is 13.0 Å². The van der Waals surface area contributed by atoms with Gasteiger partial charge in [0, 0.05) is 23.7 Å². The van der Waals surface area contributed by atoms with Crippen LogP contribution in [0.1, 0.15) is 17.5 Å². The van der Waals surface area contributed by atoms with Crippen molar-refractivity contribution in [2.24, 2.45) is 0 Å². The van der Waals surface area contributed by atoms with E-state index in [2.05, 4.69) is 15.4 Å². The summed E-state index contributed by atoms with van der Waals surface area (Å²) >= 11 is 0. The molecule has 0 saturated carbocycles. The molecule has 0 spiro atoms. The van der Waals surface area contributed by atoms with Crippen LogP contribution >= 0.6 is 0 Å². The molecule has 7 nitrogen and oxygen atoms in total. The van der Waals surface area contributed by atoms with Crippen LogP contribution < -0.4 is 11.1 Å². The van der Waals surface area contributed by atoms with E-state index in [0.29, 0.717) is 28.6 Å². The number of hydrogen-bond acceptors (Lipinski definition) is 5. The van der Waals surface area contributed by atoms with Gasteiger partial charge in [0.1, 0.15) is 17.7 Å². The number of fused-ring (bicyclic) bond motifs is 1. The highest BCUT2D eigenvalue weighted by atomic mass is 19.1. The highest BCUT2D eigenvalue weighted by Crippen LogP contribution is 2.32. The van der Waals surface area contributed by atoms with E-state index in [0.717, 1.165) is 0 Å². The van der Waals surface area contributed by atoms with Crippen molar-refractivity contribution in [3.05, 3.63) is 53.4 Å². The van der Waals surface area contributed by atoms with Crippen molar-refractivity contribution in [3.63, 3.8) is 0 Å². The van der Waals surface area contributed by atoms with Gasteiger partial charge in [-0.25, -0.2) is 13.9 Å². The molecule has 0 aromatic carbocycles. The van der Waals surface area contributed by atoms with Crippen molar-refractivity contribution in [2.75, 3.05) is 5.73 Å². The number of carbonyl (C=O) groups is 1. The Morgan fingerprint density at radius 3 is 3.09 bits per heavy atom. The van der Waals surface area contributed by atoms with Crippen LogP contribution in [0.15, 0.2) is 42.3 Å². The minimum atomic E-state index is -0.559. The molecule has 23 heavy (non-hydrogen) atoms. The number of aliphatic hydroxyl groups is 1. The van der Waals surface area contributed by atoms with Crippen LogP contribution in [0.4, 0.5) is 10.2 Å². The first-order valence-corrected chi connectivity index (χ1v) is 6.84. The van der Waals surface area contributed by atoms with E-state index >= 15 is 0 Å². The highest BCUT2D eigenvalue weighted by Gasteiger charge is 2.18. The molecule has 1 aliphatic rings. The second-order valence-corrected chi connectivity index (χ2v) is 4.92. The van der Waals surface area contributed by atoms with E-state index in [9.17, 15) is 14.3 Å². The predicted molar refractivity (Wildman–Crippen MR) is 82.4 cm³/mol. The van der Waals surface area contributed by atoms with Crippen LogP contribution in [-0.4, -0.2) is 26.1 Å². The summed E-state index contributed by atoms with van der Waals surface area (Å²) in [5, 5.41) is 16.0. The first-order chi connectivity index (χ1) is 11.2. The lowest BCUT2D eigenvalue weighted by Gasteiger charge is -2.05. The minimum absolute atomic E-state index is 0.171. The van der Waals surface area contributed by atoms with Gasteiger partial charge in [0.25, 0.3) is 0 Å². The molecule has 2 aromatic rings. The fourth-order valence-electron chi connectivity index (χ4n) is 2.55. The fraction of sp³-hybridized carbons (Fsp3) is 0.133. The molecule has 1 aliphatic carbocycles. The zero-order valence-electron chi connectivity index (χ0n) is 12.0. The average molecular weight is 315 g/mol. The number of carbonyl (C=O) groups excluding carboxylic acids is 1. The lowest BCUT2D eigenvalue weighted by molar-refractivity contribution is -0.109. The van der Waals surface area contributed by atoms with E-state index in [1.807, 2.05) is 0 Å². The molecule has 2 aromatic heterocycles. The molecule has 8 heteroatoms. The Labute approximate surface area is 130 Å². The third-order valence-electron chi connectivity index (χ3n) is 3.56. The summed E-state index contributed by atoms with van der Waals surface area (Å²) in [4.78, 5) is 14.5. The average Bonchev–Trinajstić information content (AvgIpc) is 2.83. The van der Waals surface area contributed by atoms with Gasteiger partial charge in [0.05, 0.1) is 12.3 Å². The number of amides is 1. The normalized spacial score (nSPS) is 14.8. The van der Waals surface area contributed by atoms with Gasteiger partial charge >= 0.3 is 0 Å². The number of nitrogens with zero attached hydrogens (tertiary/aromatic N) is 3. The van der Waals surface area contributed by atoms with E-state index in [-0.39, 0.29) is 24.5 Å². The molecule has 0 fully saturated rings. The molecular weight excluding hydrogens is 301 g/mol. The second-order valence-electron chi connectivity index (χ2n) is 4.92. The van der Waals surface area contributed by atoms with Crippen molar-refractivity contribution in [3.8, 4) is 0 Å². The molecule has 118 valence electrons. The lowest BCUT2D eigenvalue weighted by atomic mass is 10.0. The summed E-state index contributed by atoms with van der Waals surface area (Å²) in [6.07, 6.45) is 8.31. The van der Waals surface area contributed by atoms with Gasteiger partial charge in [-0.2, -0.15) is 5.10 Å². The van der Waals surface area contributed by atoms with Crippen LogP contribution in [0.2, 0.25) is 0 Å². The highest BCUT2D eigenvalue weighted by molar-refractivity contribution is 5.91. The zero-order valence-corrected chi connectivity index (χ0v) is 12.0. The number of nitrogens with two attached hydrogens (primary N) is 1. The van der Waals surface area contributed by atoms with Crippen LogP contribution in [0, 0.1) is 0 Å². The Kier molecular flexibility index (Phi) is 3.90. The largest absolute Gasteiger partial charge is 0.392 e. The van der Waals surface area contributed by atoms with Gasteiger partial charge in [-0.15, -0.1) is 0 Å².